The molecule has 0 aromatic rings. The number of carbonyl (C=O) groups is 1. The second-order valence-corrected chi connectivity index (χ2v) is 6.56. The molecule has 0 rings (SSSR count). The van der Waals surface area contributed by atoms with Crippen molar-refractivity contribution < 1.29 is 18.3 Å². The van der Waals surface area contributed by atoms with Crippen molar-refractivity contribution in [3.05, 3.63) is 0 Å². The van der Waals surface area contributed by atoms with Crippen LogP contribution in [0.4, 0.5) is 0 Å². The van der Waals surface area contributed by atoms with Gasteiger partial charge in [0.25, 0.3) is 0 Å². The molecular weight excluding hydrogens is 242 g/mol. The molecule has 0 aliphatic carbocycles. The first-order valence-electron chi connectivity index (χ1n) is 6.06. The Kier molecular flexibility index (Phi) is 8.16. The molecule has 0 saturated heterocycles. The van der Waals surface area contributed by atoms with E-state index < -0.39 is 21.7 Å². The number of unbranched alkanes of at least 4 members (excludes halogenated alkanes) is 1. The lowest BCUT2D eigenvalue weighted by atomic mass is 9.99. The Bertz CT molecular complexity index is 313. The molecule has 1 atom stereocenters. The fraction of sp³-hybridized carbons (Fsp3) is 0.909. The zero-order chi connectivity index (χ0) is 13.3. The standard InChI is InChI=1S/C11H23NO4S/c1-2-8-17(15,16)9-6-10(11(13)14)5-3-4-7-12/h10H,2-9,12H2,1H3,(H,13,14). The fourth-order valence-electron chi connectivity index (χ4n) is 1.66. The minimum atomic E-state index is -3.08. The number of carboxylic acid groups (broad SMARTS) is 1. The van der Waals surface area contributed by atoms with Gasteiger partial charge >= 0.3 is 5.97 Å². The van der Waals surface area contributed by atoms with Crippen LogP contribution in [-0.4, -0.2) is 37.5 Å². The molecule has 0 aliphatic rings. The predicted octanol–water partition coefficient (Wildman–Crippen LogP) is 1.03. The normalized spacial score (nSPS) is 13.5. The van der Waals surface area contributed by atoms with Crippen molar-refractivity contribution in [2.24, 2.45) is 11.7 Å². The van der Waals surface area contributed by atoms with Crippen LogP contribution in [0.3, 0.4) is 0 Å². The second-order valence-electron chi connectivity index (χ2n) is 4.26. The van der Waals surface area contributed by atoms with Gasteiger partial charge in [0, 0.05) is 5.75 Å². The summed E-state index contributed by atoms with van der Waals surface area (Å²) in [4.78, 5) is 10.9. The van der Waals surface area contributed by atoms with Crippen LogP contribution in [0.1, 0.15) is 39.0 Å². The maximum atomic E-state index is 11.5. The number of nitrogens with two attached hydrogens (primary N) is 1. The van der Waals surface area contributed by atoms with Crippen LogP contribution in [0.15, 0.2) is 0 Å². The summed E-state index contributed by atoms with van der Waals surface area (Å²) >= 11 is 0. The first kappa shape index (κ1) is 16.4. The zero-order valence-electron chi connectivity index (χ0n) is 10.4. The Hall–Kier alpha value is -0.620. The molecule has 0 aromatic heterocycles. The monoisotopic (exact) mass is 265 g/mol. The highest BCUT2D eigenvalue weighted by atomic mass is 32.2. The van der Waals surface area contributed by atoms with Crippen LogP contribution >= 0.6 is 0 Å². The van der Waals surface area contributed by atoms with Crippen molar-refractivity contribution >= 4 is 15.8 Å². The lowest BCUT2D eigenvalue weighted by Gasteiger charge is -2.11. The van der Waals surface area contributed by atoms with Gasteiger partial charge in [0.05, 0.1) is 11.7 Å². The topological polar surface area (TPSA) is 97.5 Å². The average Bonchev–Trinajstić information content (AvgIpc) is 2.22. The van der Waals surface area contributed by atoms with E-state index in [1.165, 1.54) is 0 Å². The molecule has 0 bridgehead atoms. The summed E-state index contributed by atoms with van der Waals surface area (Å²) in [7, 11) is -3.08. The molecule has 0 amide bonds. The first-order valence-corrected chi connectivity index (χ1v) is 7.88. The van der Waals surface area contributed by atoms with Crippen molar-refractivity contribution in [2.75, 3.05) is 18.1 Å². The second kappa shape index (κ2) is 8.47. The van der Waals surface area contributed by atoms with Gasteiger partial charge in [0.1, 0.15) is 9.84 Å². The first-order chi connectivity index (χ1) is 7.93. The number of hydrogen-bond acceptors (Lipinski definition) is 4. The molecule has 0 radical (unpaired) electrons. The highest BCUT2D eigenvalue weighted by Crippen LogP contribution is 2.14. The van der Waals surface area contributed by atoms with Gasteiger partial charge in [-0.05, 0) is 32.2 Å². The summed E-state index contributed by atoms with van der Waals surface area (Å²) in [6.07, 6.45) is 2.82. The summed E-state index contributed by atoms with van der Waals surface area (Å²) < 4.78 is 22.9. The van der Waals surface area contributed by atoms with Crippen LogP contribution in [0.5, 0.6) is 0 Å². The Morgan fingerprint density at radius 3 is 2.35 bits per heavy atom. The van der Waals surface area contributed by atoms with Crippen molar-refractivity contribution in [1.82, 2.24) is 0 Å². The summed E-state index contributed by atoms with van der Waals surface area (Å²) in [6.45, 7) is 2.34. The van der Waals surface area contributed by atoms with Crippen LogP contribution in [0.2, 0.25) is 0 Å². The maximum Gasteiger partial charge on any atom is 0.306 e. The summed E-state index contributed by atoms with van der Waals surface area (Å²) in [5.74, 6) is -1.36. The number of carboxylic acids is 1. The Labute approximate surface area is 103 Å². The van der Waals surface area contributed by atoms with Crippen LogP contribution < -0.4 is 5.73 Å². The van der Waals surface area contributed by atoms with Gasteiger partial charge in [0.2, 0.25) is 0 Å². The molecule has 102 valence electrons. The summed E-state index contributed by atoms with van der Waals surface area (Å²) in [5.41, 5.74) is 5.33. The fourth-order valence-corrected chi connectivity index (χ4v) is 3.13. The van der Waals surface area contributed by atoms with Crippen molar-refractivity contribution in [1.29, 1.82) is 0 Å². The van der Waals surface area contributed by atoms with Gasteiger partial charge < -0.3 is 10.8 Å². The molecule has 5 nitrogen and oxygen atoms in total. The SMILES string of the molecule is CCCS(=O)(=O)CCC(CCCCN)C(=O)O. The predicted molar refractivity (Wildman–Crippen MR) is 67.6 cm³/mol. The number of rotatable bonds is 10. The Morgan fingerprint density at radius 2 is 1.88 bits per heavy atom. The van der Waals surface area contributed by atoms with Crippen LogP contribution in [0, 0.1) is 5.92 Å². The molecule has 1 unspecified atom stereocenters. The highest BCUT2D eigenvalue weighted by Gasteiger charge is 2.20. The molecule has 0 heterocycles. The lowest BCUT2D eigenvalue weighted by molar-refractivity contribution is -0.142. The molecule has 0 fully saturated rings. The van der Waals surface area contributed by atoms with Gasteiger partial charge in [-0.3, -0.25) is 4.79 Å². The van der Waals surface area contributed by atoms with Crippen LogP contribution in [0.25, 0.3) is 0 Å². The quantitative estimate of drug-likeness (QED) is 0.575. The largest absolute Gasteiger partial charge is 0.481 e. The van der Waals surface area contributed by atoms with E-state index in [4.69, 9.17) is 10.8 Å². The van der Waals surface area contributed by atoms with E-state index in [1.807, 2.05) is 0 Å². The van der Waals surface area contributed by atoms with Gasteiger partial charge in [-0.2, -0.15) is 0 Å². The zero-order valence-corrected chi connectivity index (χ0v) is 11.2. The van der Waals surface area contributed by atoms with Gasteiger partial charge in [-0.1, -0.05) is 13.3 Å². The van der Waals surface area contributed by atoms with Gasteiger partial charge in [-0.15, -0.1) is 0 Å². The third-order valence-electron chi connectivity index (χ3n) is 2.65. The summed E-state index contributed by atoms with van der Waals surface area (Å²) in [5, 5.41) is 8.97. The lowest BCUT2D eigenvalue weighted by Crippen LogP contribution is -2.20. The molecular formula is C11H23NO4S. The van der Waals surface area contributed by atoms with Gasteiger partial charge in [-0.25, -0.2) is 8.42 Å². The van der Waals surface area contributed by atoms with E-state index in [9.17, 15) is 13.2 Å². The molecule has 3 N–H and O–H groups in total. The number of aliphatic carboxylic acids is 1. The molecule has 17 heavy (non-hydrogen) atoms. The van der Waals surface area contributed by atoms with E-state index in [1.54, 1.807) is 6.92 Å². The number of hydrogen-bond donors (Lipinski definition) is 2. The van der Waals surface area contributed by atoms with E-state index >= 15 is 0 Å². The maximum absolute atomic E-state index is 11.5. The van der Waals surface area contributed by atoms with Crippen molar-refractivity contribution in [2.45, 2.75) is 39.0 Å². The minimum absolute atomic E-state index is 0.0273. The molecule has 0 saturated carbocycles. The van der Waals surface area contributed by atoms with Gasteiger partial charge in [0.15, 0.2) is 0 Å². The van der Waals surface area contributed by atoms with Crippen molar-refractivity contribution in [3.8, 4) is 0 Å². The molecule has 0 aromatic carbocycles. The average molecular weight is 265 g/mol. The van der Waals surface area contributed by atoms with Crippen LogP contribution in [-0.2, 0) is 14.6 Å². The van der Waals surface area contributed by atoms with E-state index in [0.717, 1.165) is 12.8 Å². The minimum Gasteiger partial charge on any atom is -0.481 e. The van der Waals surface area contributed by atoms with E-state index in [0.29, 0.717) is 19.4 Å². The molecule has 6 heteroatoms. The molecule has 0 spiro atoms. The molecule has 0 aliphatic heterocycles. The third kappa shape index (κ3) is 8.15. The van der Waals surface area contributed by atoms with E-state index in [-0.39, 0.29) is 17.9 Å². The smallest absolute Gasteiger partial charge is 0.306 e. The van der Waals surface area contributed by atoms with Crippen molar-refractivity contribution in [3.63, 3.8) is 0 Å². The number of sulfone groups is 1. The Morgan fingerprint density at radius 1 is 1.24 bits per heavy atom. The van der Waals surface area contributed by atoms with E-state index in [2.05, 4.69) is 0 Å². The highest BCUT2D eigenvalue weighted by molar-refractivity contribution is 7.91. The summed E-state index contributed by atoms with van der Waals surface area (Å²) in [6, 6.07) is 0. The Balaban J connectivity index is 4.13. The third-order valence-corrected chi connectivity index (χ3v) is 4.54.